The van der Waals surface area contributed by atoms with Gasteiger partial charge in [-0.05, 0) is 25.7 Å². The molecule has 0 saturated carbocycles. The fraction of sp³-hybridized carbons (Fsp3) is 0.905. The summed E-state index contributed by atoms with van der Waals surface area (Å²) >= 11 is 0. The van der Waals surface area contributed by atoms with E-state index in [1.807, 2.05) is 0 Å². The Hall–Kier alpha value is -1.14. The summed E-state index contributed by atoms with van der Waals surface area (Å²) in [5.41, 5.74) is 0.124. The molecule has 0 unspecified atom stereocenters. The fourth-order valence-corrected chi connectivity index (χ4v) is 3.24. The molecule has 2 heterocycles. The van der Waals surface area contributed by atoms with Crippen molar-refractivity contribution >= 4 is 11.9 Å². The zero-order valence-electron chi connectivity index (χ0n) is 17.1. The first kappa shape index (κ1) is 22.2. The number of rotatable bonds is 14. The van der Waals surface area contributed by atoms with Crippen molar-refractivity contribution in [3.8, 4) is 0 Å². The van der Waals surface area contributed by atoms with E-state index < -0.39 is 0 Å². The van der Waals surface area contributed by atoms with Crippen molar-refractivity contribution in [3.63, 3.8) is 0 Å². The molecule has 2 saturated heterocycles. The van der Waals surface area contributed by atoms with Gasteiger partial charge in [-0.1, -0.05) is 33.1 Å². The van der Waals surface area contributed by atoms with Crippen LogP contribution >= 0.6 is 0 Å². The van der Waals surface area contributed by atoms with Gasteiger partial charge in [0.2, 0.25) is 0 Å². The number of carbonyl (C=O) groups excluding carboxylic acids is 2. The smallest absolute Gasteiger partial charge is 0.305 e. The highest BCUT2D eigenvalue weighted by Crippen LogP contribution is 2.32. The van der Waals surface area contributed by atoms with Crippen LogP contribution in [0.5, 0.6) is 0 Å². The summed E-state index contributed by atoms with van der Waals surface area (Å²) in [6.07, 6.45) is 7.61. The van der Waals surface area contributed by atoms with Crippen LogP contribution in [0, 0.1) is 10.8 Å². The fourth-order valence-electron chi connectivity index (χ4n) is 3.24. The minimum Gasteiger partial charge on any atom is -0.465 e. The minimum atomic E-state index is -0.108. The summed E-state index contributed by atoms with van der Waals surface area (Å²) in [4.78, 5) is 23.6. The van der Waals surface area contributed by atoms with Gasteiger partial charge in [0.05, 0.1) is 37.3 Å². The molecule has 156 valence electrons. The molecule has 0 radical (unpaired) electrons. The highest BCUT2D eigenvalue weighted by atomic mass is 16.6. The lowest BCUT2D eigenvalue weighted by Crippen LogP contribution is -2.46. The van der Waals surface area contributed by atoms with Gasteiger partial charge in [0, 0.05) is 12.8 Å². The van der Waals surface area contributed by atoms with Crippen LogP contribution in [-0.4, -0.2) is 51.6 Å². The molecule has 2 aliphatic rings. The second kappa shape index (κ2) is 11.0. The number of ether oxygens (including phenoxy) is 4. The second-order valence-electron chi connectivity index (χ2n) is 8.28. The first-order chi connectivity index (χ1) is 13.0. The number of unbranched alkanes of at least 4 members (excludes halogenated alkanes) is 4. The van der Waals surface area contributed by atoms with Crippen molar-refractivity contribution < 1.29 is 28.5 Å². The van der Waals surface area contributed by atoms with E-state index in [2.05, 4.69) is 13.8 Å². The Morgan fingerprint density at radius 2 is 1.07 bits per heavy atom. The third kappa shape index (κ3) is 7.07. The quantitative estimate of drug-likeness (QED) is 0.336. The van der Waals surface area contributed by atoms with Gasteiger partial charge in [-0.25, -0.2) is 0 Å². The molecule has 0 aromatic heterocycles. The average molecular weight is 385 g/mol. The Kier molecular flexibility index (Phi) is 9.03. The Labute approximate surface area is 163 Å². The van der Waals surface area contributed by atoms with Gasteiger partial charge in [0.15, 0.2) is 0 Å². The minimum absolute atomic E-state index is 0.0622. The van der Waals surface area contributed by atoms with E-state index in [0.717, 1.165) is 44.9 Å². The number of hydrogen-bond donors (Lipinski definition) is 0. The lowest BCUT2D eigenvalue weighted by molar-refractivity contribution is -0.171. The van der Waals surface area contributed by atoms with Crippen molar-refractivity contribution in [1.29, 1.82) is 0 Å². The third-order valence-electron chi connectivity index (χ3n) is 5.97. The summed E-state index contributed by atoms with van der Waals surface area (Å²) in [5.74, 6) is -0.216. The van der Waals surface area contributed by atoms with Gasteiger partial charge in [-0.3, -0.25) is 9.59 Å². The lowest BCUT2D eigenvalue weighted by atomic mass is 9.84. The van der Waals surface area contributed by atoms with Gasteiger partial charge in [0.1, 0.15) is 13.2 Å². The normalized spacial score (nSPS) is 19.6. The SMILES string of the molecule is CCC1(COC(=O)CCCCCCCC(=O)OCC2(CC)COC2)COC1. The van der Waals surface area contributed by atoms with Crippen molar-refractivity contribution in [3.05, 3.63) is 0 Å². The first-order valence-electron chi connectivity index (χ1n) is 10.5. The zero-order valence-corrected chi connectivity index (χ0v) is 17.1. The van der Waals surface area contributed by atoms with Crippen LogP contribution in [0.2, 0.25) is 0 Å². The molecule has 0 bridgehead atoms. The molecule has 2 rings (SSSR count). The molecule has 6 nitrogen and oxygen atoms in total. The van der Waals surface area contributed by atoms with E-state index in [1.54, 1.807) is 0 Å². The van der Waals surface area contributed by atoms with Gasteiger partial charge < -0.3 is 18.9 Å². The second-order valence-corrected chi connectivity index (χ2v) is 8.28. The van der Waals surface area contributed by atoms with Gasteiger partial charge >= 0.3 is 11.9 Å². The van der Waals surface area contributed by atoms with E-state index in [-0.39, 0.29) is 22.8 Å². The molecule has 0 spiro atoms. The number of carbonyl (C=O) groups is 2. The van der Waals surface area contributed by atoms with Gasteiger partial charge in [-0.2, -0.15) is 0 Å². The maximum absolute atomic E-state index is 11.8. The summed E-state index contributed by atoms with van der Waals surface area (Å²) < 4.78 is 21.2. The van der Waals surface area contributed by atoms with Crippen LogP contribution < -0.4 is 0 Å². The van der Waals surface area contributed by atoms with Crippen LogP contribution in [0.25, 0.3) is 0 Å². The largest absolute Gasteiger partial charge is 0.465 e. The van der Waals surface area contributed by atoms with E-state index in [4.69, 9.17) is 18.9 Å². The number of esters is 2. The van der Waals surface area contributed by atoms with Gasteiger partial charge in [-0.15, -0.1) is 0 Å². The molecule has 0 amide bonds. The van der Waals surface area contributed by atoms with E-state index in [0.29, 0.717) is 52.5 Å². The Bertz CT molecular complexity index is 414. The molecule has 0 N–H and O–H groups in total. The maximum atomic E-state index is 11.8. The molecule has 6 heteroatoms. The van der Waals surface area contributed by atoms with Crippen molar-refractivity contribution in [2.45, 2.75) is 71.6 Å². The van der Waals surface area contributed by atoms with Crippen molar-refractivity contribution in [2.75, 3.05) is 39.6 Å². The molecule has 0 aliphatic carbocycles. The summed E-state index contributed by atoms with van der Waals surface area (Å²) in [6, 6.07) is 0. The van der Waals surface area contributed by atoms with Crippen LogP contribution in [0.15, 0.2) is 0 Å². The van der Waals surface area contributed by atoms with E-state index in [9.17, 15) is 9.59 Å². The zero-order chi connectivity index (χ0) is 19.6. The highest BCUT2D eigenvalue weighted by molar-refractivity contribution is 5.69. The predicted molar refractivity (Wildman–Crippen MR) is 101 cm³/mol. The molecule has 0 aromatic carbocycles. The number of hydrogen-bond acceptors (Lipinski definition) is 6. The van der Waals surface area contributed by atoms with Crippen LogP contribution in [-0.2, 0) is 28.5 Å². The monoisotopic (exact) mass is 384 g/mol. The molecule has 0 atom stereocenters. The Morgan fingerprint density at radius 3 is 1.37 bits per heavy atom. The summed E-state index contributed by atoms with van der Waals surface area (Å²) in [5, 5.41) is 0. The first-order valence-corrected chi connectivity index (χ1v) is 10.5. The molecule has 2 fully saturated rings. The van der Waals surface area contributed by atoms with E-state index >= 15 is 0 Å². The molecular weight excluding hydrogens is 348 g/mol. The Morgan fingerprint density at radius 1 is 0.704 bits per heavy atom. The average Bonchev–Trinajstić information content (AvgIpc) is 2.60. The molecule has 2 aliphatic heterocycles. The topological polar surface area (TPSA) is 71.1 Å². The van der Waals surface area contributed by atoms with Crippen molar-refractivity contribution in [2.24, 2.45) is 10.8 Å². The predicted octanol–water partition coefficient (Wildman–Crippen LogP) is 3.66. The lowest BCUT2D eigenvalue weighted by Gasteiger charge is -2.39. The Balaban J connectivity index is 1.39. The summed E-state index contributed by atoms with van der Waals surface area (Å²) in [6.45, 7) is 7.98. The standard InChI is InChI=1S/C21H36O6/c1-3-20(12-24-13-20)16-26-18(22)10-8-6-5-7-9-11-19(23)27-17-21(4-2)14-25-15-21/h3-17H2,1-2H3. The third-order valence-corrected chi connectivity index (χ3v) is 5.97. The molecule has 0 aromatic rings. The van der Waals surface area contributed by atoms with Crippen LogP contribution in [0.3, 0.4) is 0 Å². The van der Waals surface area contributed by atoms with Crippen molar-refractivity contribution in [1.82, 2.24) is 0 Å². The maximum Gasteiger partial charge on any atom is 0.305 e. The van der Waals surface area contributed by atoms with Crippen LogP contribution in [0.4, 0.5) is 0 Å². The summed E-state index contributed by atoms with van der Waals surface area (Å²) in [7, 11) is 0. The van der Waals surface area contributed by atoms with E-state index in [1.165, 1.54) is 0 Å². The van der Waals surface area contributed by atoms with Crippen LogP contribution in [0.1, 0.15) is 71.6 Å². The molecular formula is C21H36O6. The van der Waals surface area contributed by atoms with Gasteiger partial charge in [0.25, 0.3) is 0 Å². The highest BCUT2D eigenvalue weighted by Gasteiger charge is 2.38. The molecule has 27 heavy (non-hydrogen) atoms.